The lowest BCUT2D eigenvalue weighted by atomic mass is 9.96. The number of rotatable bonds is 2. The van der Waals surface area contributed by atoms with Gasteiger partial charge in [-0.15, -0.1) is 0 Å². The van der Waals surface area contributed by atoms with E-state index < -0.39 is 0 Å². The van der Waals surface area contributed by atoms with Gasteiger partial charge in [0.05, 0.1) is 4.92 Å². The third-order valence-electron chi connectivity index (χ3n) is 4.44. The molecule has 5 heteroatoms. The number of nitro groups is 1. The number of nitro benzene ring substituents is 1. The molecule has 19 heavy (non-hydrogen) atoms. The van der Waals surface area contributed by atoms with Gasteiger partial charge in [-0.3, -0.25) is 10.1 Å². The Labute approximate surface area is 112 Å². The predicted molar refractivity (Wildman–Crippen MR) is 74.3 cm³/mol. The molecule has 0 aliphatic carbocycles. The Hall–Kier alpha value is -1.62. The van der Waals surface area contributed by atoms with E-state index in [9.17, 15) is 10.1 Å². The van der Waals surface area contributed by atoms with E-state index in [2.05, 4.69) is 4.90 Å². The van der Waals surface area contributed by atoms with Gasteiger partial charge in [0.2, 0.25) is 0 Å². The van der Waals surface area contributed by atoms with Gasteiger partial charge in [-0.2, -0.15) is 0 Å². The molecule has 1 aromatic carbocycles. The second-order valence-electron chi connectivity index (χ2n) is 5.75. The molecule has 0 amide bonds. The molecule has 0 spiro atoms. The van der Waals surface area contributed by atoms with Crippen molar-refractivity contribution >= 4 is 11.4 Å². The Morgan fingerprint density at radius 2 is 1.95 bits per heavy atom. The molecular weight excluding hydrogens is 242 g/mol. The maximum absolute atomic E-state index is 10.8. The first kappa shape index (κ1) is 12.4. The molecule has 0 saturated carbocycles. The van der Waals surface area contributed by atoms with E-state index in [1.807, 2.05) is 13.0 Å². The van der Waals surface area contributed by atoms with Crippen molar-refractivity contribution in [2.24, 2.45) is 5.73 Å². The summed E-state index contributed by atoms with van der Waals surface area (Å²) in [5, 5.41) is 10.8. The summed E-state index contributed by atoms with van der Waals surface area (Å²) in [6, 6.07) is 6.50. The molecule has 1 aromatic rings. The number of anilines is 1. The first-order valence-corrected chi connectivity index (χ1v) is 6.85. The zero-order chi connectivity index (χ0) is 13.6. The van der Waals surface area contributed by atoms with E-state index in [1.54, 1.807) is 12.1 Å². The zero-order valence-electron chi connectivity index (χ0n) is 11.1. The first-order chi connectivity index (χ1) is 9.06. The van der Waals surface area contributed by atoms with Crippen LogP contribution in [0.4, 0.5) is 11.4 Å². The van der Waals surface area contributed by atoms with Crippen LogP contribution in [0.2, 0.25) is 0 Å². The predicted octanol–water partition coefficient (Wildman–Crippen LogP) is 2.36. The lowest BCUT2D eigenvalue weighted by Crippen LogP contribution is -2.47. The molecule has 2 aliphatic heterocycles. The fourth-order valence-corrected chi connectivity index (χ4v) is 3.66. The lowest BCUT2D eigenvalue weighted by Gasteiger charge is -2.40. The Kier molecular flexibility index (Phi) is 2.93. The highest BCUT2D eigenvalue weighted by molar-refractivity contribution is 5.59. The van der Waals surface area contributed by atoms with Crippen LogP contribution in [0.1, 0.15) is 31.2 Å². The Morgan fingerprint density at radius 1 is 1.32 bits per heavy atom. The van der Waals surface area contributed by atoms with E-state index in [0.717, 1.165) is 24.1 Å². The summed E-state index contributed by atoms with van der Waals surface area (Å²) in [6.45, 7) is 1.95. The summed E-state index contributed by atoms with van der Waals surface area (Å²) >= 11 is 0. The van der Waals surface area contributed by atoms with Crippen LogP contribution in [0.5, 0.6) is 0 Å². The van der Waals surface area contributed by atoms with E-state index in [1.165, 1.54) is 12.8 Å². The van der Waals surface area contributed by atoms with Gasteiger partial charge >= 0.3 is 0 Å². The fraction of sp³-hybridized carbons (Fsp3) is 0.571. The third-order valence-corrected chi connectivity index (χ3v) is 4.44. The molecule has 2 aliphatic rings. The Morgan fingerprint density at radius 3 is 2.47 bits per heavy atom. The highest BCUT2D eigenvalue weighted by Gasteiger charge is 2.40. The molecule has 0 aromatic heterocycles. The van der Waals surface area contributed by atoms with Crippen molar-refractivity contribution in [3.8, 4) is 0 Å². The van der Waals surface area contributed by atoms with E-state index >= 15 is 0 Å². The van der Waals surface area contributed by atoms with Crippen molar-refractivity contribution in [1.29, 1.82) is 0 Å². The van der Waals surface area contributed by atoms with Crippen LogP contribution >= 0.6 is 0 Å². The number of nitrogens with two attached hydrogens (primary N) is 1. The number of hydrogen-bond acceptors (Lipinski definition) is 4. The first-order valence-electron chi connectivity index (χ1n) is 6.85. The van der Waals surface area contributed by atoms with E-state index in [-0.39, 0.29) is 10.6 Å². The van der Waals surface area contributed by atoms with Crippen molar-refractivity contribution in [1.82, 2.24) is 0 Å². The molecule has 2 heterocycles. The molecule has 2 unspecified atom stereocenters. The average molecular weight is 261 g/mol. The van der Waals surface area contributed by atoms with Crippen molar-refractivity contribution in [3.63, 3.8) is 0 Å². The molecular formula is C14H19N3O2. The van der Waals surface area contributed by atoms with E-state index in [4.69, 9.17) is 5.73 Å². The number of aryl methyl sites for hydroxylation is 1. The summed E-state index contributed by atoms with van der Waals surface area (Å²) in [7, 11) is 0. The minimum absolute atomic E-state index is 0.169. The largest absolute Gasteiger partial charge is 0.365 e. The second-order valence-corrected chi connectivity index (χ2v) is 5.75. The summed E-state index contributed by atoms with van der Waals surface area (Å²) in [4.78, 5) is 12.9. The number of benzene rings is 1. The molecule has 2 bridgehead atoms. The maximum Gasteiger partial charge on any atom is 0.269 e. The fourth-order valence-electron chi connectivity index (χ4n) is 3.66. The third kappa shape index (κ3) is 2.08. The Bertz CT molecular complexity index is 503. The van der Waals surface area contributed by atoms with Crippen LogP contribution in [-0.4, -0.2) is 23.0 Å². The topological polar surface area (TPSA) is 72.4 Å². The van der Waals surface area contributed by atoms with Gasteiger partial charge in [0, 0.05) is 35.9 Å². The van der Waals surface area contributed by atoms with Gasteiger partial charge in [-0.25, -0.2) is 0 Å². The molecule has 3 rings (SSSR count). The van der Waals surface area contributed by atoms with Crippen LogP contribution in [0.15, 0.2) is 18.2 Å². The highest BCUT2D eigenvalue weighted by Crippen LogP contribution is 2.40. The summed E-state index contributed by atoms with van der Waals surface area (Å²) in [5.74, 6) is 0. The number of nitrogens with zero attached hydrogens (tertiary/aromatic N) is 2. The molecule has 2 N–H and O–H groups in total. The molecule has 5 nitrogen and oxygen atoms in total. The molecule has 2 saturated heterocycles. The second kappa shape index (κ2) is 4.49. The number of hydrogen-bond donors (Lipinski definition) is 1. The van der Waals surface area contributed by atoms with Gasteiger partial charge in [0.1, 0.15) is 0 Å². The van der Waals surface area contributed by atoms with Crippen molar-refractivity contribution < 1.29 is 4.92 Å². The quantitative estimate of drug-likeness (QED) is 0.655. The minimum atomic E-state index is -0.336. The van der Waals surface area contributed by atoms with Crippen LogP contribution in [0.3, 0.4) is 0 Å². The number of piperidine rings is 1. The van der Waals surface area contributed by atoms with Crippen molar-refractivity contribution in [3.05, 3.63) is 33.9 Å². The van der Waals surface area contributed by atoms with E-state index in [0.29, 0.717) is 18.1 Å². The van der Waals surface area contributed by atoms with Gasteiger partial charge in [0.25, 0.3) is 5.69 Å². The number of fused-ring (bicyclic) bond motifs is 2. The van der Waals surface area contributed by atoms with Crippen LogP contribution in [-0.2, 0) is 0 Å². The van der Waals surface area contributed by atoms with Crippen molar-refractivity contribution in [2.45, 2.75) is 50.7 Å². The monoisotopic (exact) mass is 261 g/mol. The summed E-state index contributed by atoms with van der Waals surface area (Å²) in [6.07, 6.45) is 4.45. The van der Waals surface area contributed by atoms with Crippen molar-refractivity contribution in [2.75, 3.05) is 4.90 Å². The van der Waals surface area contributed by atoms with Crippen LogP contribution < -0.4 is 10.6 Å². The van der Waals surface area contributed by atoms with Crippen LogP contribution in [0, 0.1) is 17.0 Å². The summed E-state index contributed by atoms with van der Waals surface area (Å²) < 4.78 is 0. The average Bonchev–Trinajstić information content (AvgIpc) is 2.62. The van der Waals surface area contributed by atoms with Crippen LogP contribution in [0.25, 0.3) is 0 Å². The number of non-ortho nitro benzene ring substituents is 1. The van der Waals surface area contributed by atoms with Gasteiger partial charge < -0.3 is 10.6 Å². The minimum Gasteiger partial charge on any atom is -0.365 e. The molecule has 2 fully saturated rings. The molecule has 102 valence electrons. The SMILES string of the molecule is Cc1cc([N+](=O)[O-])ccc1N1C2CCC1CC(N)C2. The smallest absolute Gasteiger partial charge is 0.269 e. The summed E-state index contributed by atoms with van der Waals surface area (Å²) in [5.41, 5.74) is 8.38. The standard InChI is InChI=1S/C14H19N3O2/c1-9-6-13(17(18)19)4-5-14(9)16-11-2-3-12(16)8-10(15)7-11/h4-6,10-12H,2-3,7-8,15H2,1H3. The maximum atomic E-state index is 10.8. The zero-order valence-corrected chi connectivity index (χ0v) is 11.1. The van der Waals surface area contributed by atoms with Gasteiger partial charge in [-0.1, -0.05) is 0 Å². The van der Waals surface area contributed by atoms with Gasteiger partial charge in [-0.05, 0) is 44.2 Å². The lowest BCUT2D eigenvalue weighted by molar-refractivity contribution is -0.384. The molecule has 0 radical (unpaired) electrons. The molecule has 2 atom stereocenters. The normalized spacial score (nSPS) is 29.6. The Balaban J connectivity index is 1.93. The highest BCUT2D eigenvalue weighted by atomic mass is 16.6. The van der Waals surface area contributed by atoms with Gasteiger partial charge in [0.15, 0.2) is 0 Å².